The summed E-state index contributed by atoms with van der Waals surface area (Å²) in [6, 6.07) is 7.19. The quantitative estimate of drug-likeness (QED) is 0.300. The van der Waals surface area contributed by atoms with Crippen molar-refractivity contribution in [2.24, 2.45) is 5.10 Å². The van der Waals surface area contributed by atoms with E-state index in [1.54, 1.807) is 18.3 Å². The second-order valence-corrected chi connectivity index (χ2v) is 7.27. The maximum Gasteiger partial charge on any atom is 0.137 e. The van der Waals surface area contributed by atoms with Crippen LogP contribution in [0.15, 0.2) is 35.6 Å². The average Bonchev–Trinajstić information content (AvgIpc) is 2.77. The molecular weight excluding hydrogens is 469 g/mol. The number of fused-ring (bicyclic) bond motifs is 1. The van der Waals surface area contributed by atoms with Crippen LogP contribution in [-0.2, 0) is 0 Å². The Balaban J connectivity index is 1.92. The van der Waals surface area contributed by atoms with Crippen molar-refractivity contribution in [3.05, 3.63) is 60.5 Å². The molecule has 0 atom stereocenters. The second kappa shape index (κ2) is 6.84. The first-order valence-electron chi connectivity index (χ1n) is 6.53. The first-order valence-corrected chi connectivity index (χ1v) is 8.75. The molecule has 0 unspecified atom stereocenters. The summed E-state index contributed by atoms with van der Waals surface area (Å²) in [5.74, 6) is 0. The maximum absolute atomic E-state index is 6.12. The van der Waals surface area contributed by atoms with Crippen LogP contribution in [0.4, 0.5) is 5.69 Å². The highest BCUT2D eigenvalue weighted by Crippen LogP contribution is 2.33. The van der Waals surface area contributed by atoms with E-state index in [0.29, 0.717) is 20.8 Å². The molecule has 23 heavy (non-hydrogen) atoms. The Kier molecular flexibility index (Phi) is 5.01. The van der Waals surface area contributed by atoms with Gasteiger partial charge in [-0.15, -0.1) is 0 Å². The molecule has 0 aliphatic heterocycles. The zero-order valence-electron chi connectivity index (χ0n) is 11.8. The zero-order valence-corrected chi connectivity index (χ0v) is 16.2. The van der Waals surface area contributed by atoms with Gasteiger partial charge in [-0.05, 0) is 53.8 Å². The van der Waals surface area contributed by atoms with Crippen molar-refractivity contribution in [2.75, 3.05) is 5.43 Å². The lowest BCUT2D eigenvalue weighted by atomic mass is 10.3. The largest absolute Gasteiger partial charge is 0.297 e. The number of rotatable bonds is 3. The van der Waals surface area contributed by atoms with Crippen molar-refractivity contribution in [1.82, 2.24) is 9.38 Å². The van der Waals surface area contributed by atoms with Crippen LogP contribution >= 0.6 is 57.4 Å². The number of aromatic nitrogens is 2. The zero-order chi connectivity index (χ0) is 16.6. The number of aryl methyl sites for hydroxylation is 1. The third-order valence-electron chi connectivity index (χ3n) is 3.17. The molecule has 0 radical (unpaired) electrons. The molecule has 118 valence electrons. The number of anilines is 1. The number of hydrogen-bond acceptors (Lipinski definition) is 3. The topological polar surface area (TPSA) is 41.7 Å². The Morgan fingerprint density at radius 3 is 2.61 bits per heavy atom. The van der Waals surface area contributed by atoms with Gasteiger partial charge in [-0.1, -0.05) is 34.8 Å². The van der Waals surface area contributed by atoms with Crippen LogP contribution in [-0.4, -0.2) is 15.6 Å². The molecule has 2 heterocycles. The molecule has 4 nitrogen and oxygen atoms in total. The molecule has 1 aromatic carbocycles. The summed E-state index contributed by atoms with van der Waals surface area (Å²) in [5.41, 5.74) is 6.00. The minimum absolute atomic E-state index is 0.407. The fourth-order valence-electron chi connectivity index (χ4n) is 2.12. The van der Waals surface area contributed by atoms with Crippen molar-refractivity contribution in [3.63, 3.8) is 0 Å². The number of nitrogens with zero attached hydrogens (tertiary/aromatic N) is 3. The Bertz CT molecular complexity index is 897. The van der Waals surface area contributed by atoms with Crippen LogP contribution in [0, 0.1) is 10.5 Å². The summed E-state index contributed by atoms with van der Waals surface area (Å²) in [4.78, 5) is 4.50. The van der Waals surface area contributed by atoms with Gasteiger partial charge in [-0.25, -0.2) is 4.98 Å². The molecule has 0 aliphatic rings. The monoisotopic (exact) mass is 478 g/mol. The van der Waals surface area contributed by atoms with Crippen LogP contribution in [0.5, 0.6) is 0 Å². The first-order chi connectivity index (χ1) is 11.0. The van der Waals surface area contributed by atoms with Crippen molar-refractivity contribution >= 4 is 74.9 Å². The van der Waals surface area contributed by atoms with Gasteiger partial charge in [0.2, 0.25) is 0 Å². The summed E-state index contributed by atoms with van der Waals surface area (Å²) in [6.07, 6.45) is 3.69. The summed E-state index contributed by atoms with van der Waals surface area (Å²) >= 11 is 20.4. The van der Waals surface area contributed by atoms with E-state index >= 15 is 0 Å². The van der Waals surface area contributed by atoms with E-state index in [1.165, 1.54) is 0 Å². The van der Waals surface area contributed by atoms with E-state index < -0.39 is 0 Å². The summed E-state index contributed by atoms with van der Waals surface area (Å²) in [6.45, 7) is 1.93. The highest BCUT2D eigenvalue weighted by molar-refractivity contribution is 14.1. The molecule has 0 saturated heterocycles. The van der Waals surface area contributed by atoms with Gasteiger partial charge in [-0.3, -0.25) is 9.83 Å². The van der Waals surface area contributed by atoms with Crippen LogP contribution in [0.25, 0.3) is 5.65 Å². The van der Waals surface area contributed by atoms with E-state index in [-0.39, 0.29) is 0 Å². The van der Waals surface area contributed by atoms with E-state index in [9.17, 15) is 0 Å². The molecule has 3 rings (SSSR count). The lowest BCUT2D eigenvalue weighted by Crippen LogP contribution is -1.97. The van der Waals surface area contributed by atoms with E-state index in [4.69, 9.17) is 34.8 Å². The minimum atomic E-state index is 0.407. The van der Waals surface area contributed by atoms with Gasteiger partial charge in [0.1, 0.15) is 5.65 Å². The maximum atomic E-state index is 6.12. The van der Waals surface area contributed by atoms with Crippen LogP contribution < -0.4 is 5.43 Å². The molecule has 0 fully saturated rings. The molecule has 0 bridgehead atoms. The SMILES string of the molecule is Cc1nc2ccc(I)cn2c1/C=N\Nc1c(Cl)cc(Cl)cc1Cl. The fraction of sp³-hybridized carbons (Fsp3) is 0.0667. The molecule has 0 spiro atoms. The van der Waals surface area contributed by atoms with E-state index in [1.807, 2.05) is 29.7 Å². The van der Waals surface area contributed by atoms with Gasteiger partial charge < -0.3 is 0 Å². The summed E-state index contributed by atoms with van der Waals surface area (Å²) in [5, 5.41) is 5.51. The molecule has 8 heteroatoms. The van der Waals surface area contributed by atoms with Gasteiger partial charge in [0, 0.05) is 14.8 Å². The van der Waals surface area contributed by atoms with Crippen molar-refractivity contribution < 1.29 is 0 Å². The number of hydrogen-bond donors (Lipinski definition) is 1. The summed E-state index contributed by atoms with van der Waals surface area (Å²) in [7, 11) is 0. The predicted octanol–water partition coefficient (Wildman–Crippen LogP) is 5.65. The van der Waals surface area contributed by atoms with Gasteiger partial charge in [0.25, 0.3) is 0 Å². The molecule has 3 aromatic rings. The third-order valence-corrected chi connectivity index (χ3v) is 4.63. The van der Waals surface area contributed by atoms with Crippen molar-refractivity contribution in [2.45, 2.75) is 6.92 Å². The smallest absolute Gasteiger partial charge is 0.137 e. The molecule has 0 amide bonds. The Morgan fingerprint density at radius 2 is 1.91 bits per heavy atom. The van der Waals surface area contributed by atoms with Crippen molar-refractivity contribution in [1.29, 1.82) is 0 Å². The molecule has 2 aromatic heterocycles. The lowest BCUT2D eigenvalue weighted by Gasteiger charge is -2.06. The highest BCUT2D eigenvalue weighted by atomic mass is 127. The minimum Gasteiger partial charge on any atom is -0.297 e. The number of hydrazone groups is 1. The molecule has 0 saturated carbocycles. The molecule has 0 aliphatic carbocycles. The van der Waals surface area contributed by atoms with Crippen LogP contribution in [0.3, 0.4) is 0 Å². The first kappa shape index (κ1) is 16.8. The van der Waals surface area contributed by atoms with E-state index in [2.05, 4.69) is 38.1 Å². The van der Waals surface area contributed by atoms with E-state index in [0.717, 1.165) is 20.6 Å². The number of imidazole rings is 1. The van der Waals surface area contributed by atoms with Crippen LogP contribution in [0.2, 0.25) is 15.1 Å². The van der Waals surface area contributed by atoms with Crippen LogP contribution in [0.1, 0.15) is 11.4 Å². The Morgan fingerprint density at radius 1 is 1.22 bits per heavy atom. The standard InChI is InChI=1S/C15H10Cl3IN4/c1-8-13(23-7-10(19)2-3-14(23)21-8)6-20-22-15-11(17)4-9(16)5-12(15)18/h2-7,22H,1H3/b20-6-. The second-order valence-electron chi connectivity index (χ2n) is 4.77. The van der Waals surface area contributed by atoms with Crippen molar-refractivity contribution in [3.8, 4) is 0 Å². The normalized spacial score (nSPS) is 11.5. The number of nitrogens with one attached hydrogen (secondary N) is 1. The summed E-state index contributed by atoms with van der Waals surface area (Å²) < 4.78 is 3.09. The number of pyridine rings is 1. The fourth-order valence-corrected chi connectivity index (χ4v) is 3.48. The van der Waals surface area contributed by atoms with Gasteiger partial charge in [-0.2, -0.15) is 5.10 Å². The van der Waals surface area contributed by atoms with Gasteiger partial charge in [0.15, 0.2) is 0 Å². The average molecular weight is 480 g/mol. The molecular formula is C15H10Cl3IN4. The third kappa shape index (κ3) is 3.57. The molecule has 1 N–H and O–H groups in total. The van der Waals surface area contributed by atoms with Gasteiger partial charge in [0.05, 0.1) is 33.3 Å². The number of benzene rings is 1. The highest BCUT2D eigenvalue weighted by Gasteiger charge is 2.08. The predicted molar refractivity (Wildman–Crippen MR) is 105 cm³/mol. The lowest BCUT2D eigenvalue weighted by molar-refractivity contribution is 1.15. The Labute approximate surface area is 161 Å². The van der Waals surface area contributed by atoms with Gasteiger partial charge >= 0.3 is 0 Å². The number of halogens is 4. The Hall–Kier alpha value is -1.02.